The Bertz CT molecular complexity index is 211. The average molecular weight is 240 g/mol. The molecule has 1 N–H and O–H groups in total. The van der Waals surface area contributed by atoms with Gasteiger partial charge in [0.15, 0.2) is 0 Å². The minimum atomic E-state index is -4.10. The lowest BCUT2D eigenvalue weighted by Crippen LogP contribution is -2.46. The summed E-state index contributed by atoms with van der Waals surface area (Å²) in [7, 11) is 1.98. The molecule has 0 aromatic carbocycles. The molecule has 1 saturated heterocycles. The number of ether oxygens (including phenoxy) is 1. The van der Waals surface area contributed by atoms with Crippen LogP contribution in [0.15, 0.2) is 0 Å². The number of alkyl halides is 3. The van der Waals surface area contributed by atoms with E-state index in [4.69, 9.17) is 4.74 Å². The van der Waals surface area contributed by atoms with Crippen molar-refractivity contribution >= 4 is 0 Å². The lowest BCUT2D eigenvalue weighted by Gasteiger charge is -2.31. The molecule has 1 aliphatic rings. The van der Waals surface area contributed by atoms with E-state index >= 15 is 0 Å². The van der Waals surface area contributed by atoms with Gasteiger partial charge in [-0.25, -0.2) is 0 Å². The average Bonchev–Trinajstić information content (AvgIpc) is 2.12. The fourth-order valence-corrected chi connectivity index (χ4v) is 1.74. The highest BCUT2D eigenvalue weighted by Gasteiger charge is 2.30. The standard InChI is InChI=1S/C10H19F3N2O/c1-8(5-10(11,12)13)14-6-9-7-15(2)3-4-16-9/h8-9,14H,3-7H2,1-2H3. The topological polar surface area (TPSA) is 24.5 Å². The summed E-state index contributed by atoms with van der Waals surface area (Å²) in [6, 6.07) is -0.559. The Morgan fingerprint density at radius 2 is 2.19 bits per heavy atom. The second-order valence-corrected chi connectivity index (χ2v) is 4.38. The van der Waals surface area contributed by atoms with Crippen LogP contribution in [0, 0.1) is 0 Å². The molecule has 96 valence electrons. The molecule has 0 amide bonds. The molecule has 0 bridgehead atoms. The largest absolute Gasteiger partial charge is 0.390 e. The van der Waals surface area contributed by atoms with E-state index in [9.17, 15) is 13.2 Å². The van der Waals surface area contributed by atoms with Gasteiger partial charge in [0.1, 0.15) is 0 Å². The summed E-state index contributed by atoms with van der Waals surface area (Å²) in [5.41, 5.74) is 0. The van der Waals surface area contributed by atoms with Crippen molar-refractivity contribution < 1.29 is 17.9 Å². The Morgan fingerprint density at radius 1 is 1.50 bits per heavy atom. The number of halogens is 3. The fraction of sp³-hybridized carbons (Fsp3) is 1.00. The molecule has 0 spiro atoms. The smallest absolute Gasteiger partial charge is 0.374 e. The van der Waals surface area contributed by atoms with Crippen molar-refractivity contribution in [1.82, 2.24) is 10.2 Å². The summed E-state index contributed by atoms with van der Waals surface area (Å²) in [6.45, 7) is 4.32. The molecule has 0 saturated carbocycles. The lowest BCUT2D eigenvalue weighted by molar-refractivity contribution is -0.139. The Labute approximate surface area is 93.9 Å². The maximum absolute atomic E-state index is 12.1. The van der Waals surface area contributed by atoms with E-state index in [0.717, 1.165) is 13.1 Å². The second-order valence-electron chi connectivity index (χ2n) is 4.38. The lowest BCUT2D eigenvalue weighted by atomic mass is 10.2. The first-order valence-corrected chi connectivity index (χ1v) is 5.47. The van der Waals surface area contributed by atoms with Crippen molar-refractivity contribution in [3.63, 3.8) is 0 Å². The molecule has 0 radical (unpaired) electrons. The number of nitrogens with one attached hydrogen (secondary N) is 1. The van der Waals surface area contributed by atoms with Crippen molar-refractivity contribution in [1.29, 1.82) is 0 Å². The summed E-state index contributed by atoms with van der Waals surface area (Å²) >= 11 is 0. The van der Waals surface area contributed by atoms with Gasteiger partial charge in [-0.15, -0.1) is 0 Å². The number of hydrogen-bond acceptors (Lipinski definition) is 3. The number of morpholine rings is 1. The Balaban J connectivity index is 2.18. The monoisotopic (exact) mass is 240 g/mol. The zero-order chi connectivity index (χ0) is 12.2. The quantitative estimate of drug-likeness (QED) is 0.800. The Kier molecular flexibility index (Phi) is 5.01. The zero-order valence-electron chi connectivity index (χ0n) is 9.68. The third-order valence-corrected chi connectivity index (χ3v) is 2.57. The van der Waals surface area contributed by atoms with Crippen LogP contribution in [-0.4, -0.2) is 56.5 Å². The van der Waals surface area contributed by atoms with Crippen LogP contribution in [0.5, 0.6) is 0 Å². The summed E-state index contributed by atoms with van der Waals surface area (Å²) in [6.07, 6.45) is -4.90. The van der Waals surface area contributed by atoms with E-state index in [-0.39, 0.29) is 6.10 Å². The van der Waals surface area contributed by atoms with Gasteiger partial charge in [-0.3, -0.25) is 0 Å². The maximum atomic E-state index is 12.1. The van der Waals surface area contributed by atoms with Gasteiger partial charge in [-0.05, 0) is 14.0 Å². The molecule has 2 atom stereocenters. The SMILES string of the molecule is CC(CC(F)(F)F)NCC1CN(C)CCO1. The molecule has 0 aliphatic carbocycles. The van der Waals surface area contributed by atoms with Gasteiger partial charge in [0.25, 0.3) is 0 Å². The molecule has 3 nitrogen and oxygen atoms in total. The molecule has 2 unspecified atom stereocenters. The molecular formula is C10H19F3N2O. The van der Waals surface area contributed by atoms with Gasteiger partial charge < -0.3 is 15.0 Å². The molecule has 1 fully saturated rings. The summed E-state index contributed by atoms with van der Waals surface area (Å²) < 4.78 is 41.6. The minimum Gasteiger partial charge on any atom is -0.374 e. The van der Waals surface area contributed by atoms with Gasteiger partial charge in [0.2, 0.25) is 0 Å². The van der Waals surface area contributed by atoms with Crippen LogP contribution >= 0.6 is 0 Å². The molecule has 1 rings (SSSR count). The van der Waals surface area contributed by atoms with E-state index < -0.39 is 18.6 Å². The number of nitrogens with zero attached hydrogens (tertiary/aromatic N) is 1. The summed E-state index contributed by atoms with van der Waals surface area (Å²) in [5, 5.41) is 2.86. The first-order valence-electron chi connectivity index (χ1n) is 5.47. The highest BCUT2D eigenvalue weighted by atomic mass is 19.4. The highest BCUT2D eigenvalue weighted by molar-refractivity contribution is 4.74. The third-order valence-electron chi connectivity index (χ3n) is 2.57. The Morgan fingerprint density at radius 3 is 2.75 bits per heavy atom. The second kappa shape index (κ2) is 5.84. The van der Waals surface area contributed by atoms with Gasteiger partial charge in [0.05, 0.1) is 19.1 Å². The first-order chi connectivity index (χ1) is 7.37. The van der Waals surface area contributed by atoms with Gasteiger partial charge in [-0.1, -0.05) is 0 Å². The number of likely N-dealkylation sites (N-methyl/N-ethyl adjacent to an activating group) is 1. The van der Waals surface area contributed by atoms with E-state index in [2.05, 4.69) is 10.2 Å². The number of rotatable bonds is 4. The van der Waals surface area contributed by atoms with Gasteiger partial charge >= 0.3 is 6.18 Å². The van der Waals surface area contributed by atoms with Crippen molar-refractivity contribution in [3.8, 4) is 0 Å². The highest BCUT2D eigenvalue weighted by Crippen LogP contribution is 2.21. The molecule has 6 heteroatoms. The van der Waals surface area contributed by atoms with Crippen molar-refractivity contribution in [2.75, 3.05) is 33.3 Å². The molecular weight excluding hydrogens is 221 g/mol. The minimum absolute atomic E-state index is 0.00515. The van der Waals surface area contributed by atoms with Crippen molar-refractivity contribution in [2.45, 2.75) is 31.7 Å². The Hall–Kier alpha value is -0.330. The fourth-order valence-electron chi connectivity index (χ4n) is 1.74. The third kappa shape index (κ3) is 5.67. The predicted octanol–water partition coefficient (Wildman–Crippen LogP) is 1.25. The molecule has 1 aliphatic heterocycles. The normalized spacial score (nSPS) is 25.7. The van der Waals surface area contributed by atoms with E-state index in [0.29, 0.717) is 13.2 Å². The van der Waals surface area contributed by atoms with Crippen LogP contribution in [0.4, 0.5) is 13.2 Å². The van der Waals surface area contributed by atoms with Crippen LogP contribution < -0.4 is 5.32 Å². The maximum Gasteiger partial charge on any atom is 0.390 e. The molecule has 0 aromatic rings. The summed E-state index contributed by atoms with van der Waals surface area (Å²) in [5.74, 6) is 0. The molecule has 16 heavy (non-hydrogen) atoms. The zero-order valence-corrected chi connectivity index (χ0v) is 9.68. The van der Waals surface area contributed by atoms with Gasteiger partial charge in [-0.2, -0.15) is 13.2 Å². The molecule has 0 aromatic heterocycles. The van der Waals surface area contributed by atoms with Crippen molar-refractivity contribution in [2.24, 2.45) is 0 Å². The predicted molar refractivity (Wildman–Crippen MR) is 55.4 cm³/mol. The van der Waals surface area contributed by atoms with Gasteiger partial charge in [0, 0.05) is 25.7 Å². The number of hydrogen-bond donors (Lipinski definition) is 1. The van der Waals surface area contributed by atoms with E-state index in [1.54, 1.807) is 6.92 Å². The van der Waals surface area contributed by atoms with Crippen LogP contribution in [0.2, 0.25) is 0 Å². The van der Waals surface area contributed by atoms with E-state index in [1.165, 1.54) is 0 Å². The van der Waals surface area contributed by atoms with Crippen LogP contribution in [0.25, 0.3) is 0 Å². The van der Waals surface area contributed by atoms with Crippen LogP contribution in [0.1, 0.15) is 13.3 Å². The van der Waals surface area contributed by atoms with E-state index in [1.807, 2.05) is 7.05 Å². The van der Waals surface area contributed by atoms with Crippen LogP contribution in [0.3, 0.4) is 0 Å². The summed E-state index contributed by atoms with van der Waals surface area (Å²) in [4.78, 5) is 2.12. The molecule has 1 heterocycles. The first kappa shape index (κ1) is 13.7. The van der Waals surface area contributed by atoms with Crippen molar-refractivity contribution in [3.05, 3.63) is 0 Å². The van der Waals surface area contributed by atoms with Crippen LogP contribution in [-0.2, 0) is 4.74 Å².